The number of hydrogen-bond acceptors (Lipinski definition) is 7. The van der Waals surface area contributed by atoms with E-state index in [1.165, 1.54) is 12.1 Å². The largest absolute Gasteiger partial charge is 0.497 e. The van der Waals surface area contributed by atoms with Crippen molar-refractivity contribution in [3.05, 3.63) is 78.2 Å². The van der Waals surface area contributed by atoms with E-state index in [9.17, 15) is 4.39 Å². The zero-order valence-corrected chi connectivity index (χ0v) is 15.6. The predicted octanol–water partition coefficient (Wildman–Crippen LogP) is 4.64. The molecule has 0 spiro atoms. The van der Waals surface area contributed by atoms with E-state index >= 15 is 0 Å². The Balaban J connectivity index is 1.51. The quantitative estimate of drug-likeness (QED) is 0.475. The highest BCUT2D eigenvalue weighted by Gasteiger charge is 2.14. The maximum atomic E-state index is 13.1. The maximum Gasteiger partial charge on any atom is 0.320 e. The molecule has 0 aliphatic rings. The van der Waals surface area contributed by atoms with E-state index < -0.39 is 0 Å². The minimum Gasteiger partial charge on any atom is -0.497 e. The van der Waals surface area contributed by atoms with Gasteiger partial charge in [0.15, 0.2) is 0 Å². The molecule has 2 aromatic carbocycles. The number of benzene rings is 2. The summed E-state index contributed by atoms with van der Waals surface area (Å²) >= 11 is 0. The van der Waals surface area contributed by atoms with Crippen molar-refractivity contribution in [3.63, 3.8) is 0 Å². The molecule has 8 heteroatoms. The van der Waals surface area contributed by atoms with Gasteiger partial charge in [-0.1, -0.05) is 23.3 Å². The number of nitrogens with one attached hydrogen (secondary N) is 2. The van der Waals surface area contributed by atoms with E-state index in [1.807, 2.05) is 30.3 Å². The van der Waals surface area contributed by atoms with Crippen molar-refractivity contribution in [2.45, 2.75) is 6.54 Å². The Bertz CT molecular complexity index is 1100. The second kappa shape index (κ2) is 8.39. The summed E-state index contributed by atoms with van der Waals surface area (Å²) in [6.45, 7) is 0.480. The number of halogens is 1. The molecular weight excluding hydrogens is 373 g/mol. The standard InChI is InChI=1S/C21H18FN5O2/c1-28-17-5-2-4-16(12-17)25-21-27-26-20(29-21)18-6-3-11-23-19(18)24-13-14-7-9-15(22)10-8-14/h2-12H,13H2,1H3,(H,23,24)(H,25,27). The lowest BCUT2D eigenvalue weighted by atomic mass is 10.2. The first kappa shape index (κ1) is 18.4. The molecule has 0 saturated heterocycles. The van der Waals surface area contributed by atoms with Gasteiger partial charge in [-0.05, 0) is 42.0 Å². The minimum absolute atomic E-state index is 0.251. The fraction of sp³-hybridized carbons (Fsp3) is 0.0952. The first-order valence-electron chi connectivity index (χ1n) is 8.89. The topological polar surface area (TPSA) is 85.1 Å². The maximum absolute atomic E-state index is 13.1. The highest BCUT2D eigenvalue weighted by molar-refractivity contribution is 5.69. The molecule has 4 rings (SSSR count). The fourth-order valence-electron chi connectivity index (χ4n) is 2.71. The van der Waals surface area contributed by atoms with Crippen molar-refractivity contribution < 1.29 is 13.5 Å². The molecule has 0 atom stereocenters. The minimum atomic E-state index is -0.269. The third-order valence-corrected chi connectivity index (χ3v) is 4.16. The molecule has 0 fully saturated rings. The number of anilines is 3. The van der Waals surface area contributed by atoms with E-state index in [1.54, 1.807) is 31.5 Å². The van der Waals surface area contributed by atoms with Gasteiger partial charge in [0.25, 0.3) is 5.89 Å². The highest BCUT2D eigenvalue weighted by atomic mass is 19.1. The van der Waals surface area contributed by atoms with Crippen LogP contribution in [0.1, 0.15) is 5.56 Å². The van der Waals surface area contributed by atoms with Gasteiger partial charge < -0.3 is 19.8 Å². The van der Waals surface area contributed by atoms with Gasteiger partial charge in [0, 0.05) is 24.5 Å². The van der Waals surface area contributed by atoms with E-state index in [0.29, 0.717) is 29.6 Å². The molecule has 0 bridgehead atoms. The normalized spacial score (nSPS) is 10.6. The highest BCUT2D eigenvalue weighted by Crippen LogP contribution is 2.28. The van der Waals surface area contributed by atoms with E-state index in [4.69, 9.17) is 9.15 Å². The van der Waals surface area contributed by atoms with Crippen LogP contribution in [0.15, 0.2) is 71.3 Å². The molecule has 0 amide bonds. The Labute approximate surface area is 166 Å². The van der Waals surface area contributed by atoms with Gasteiger partial charge >= 0.3 is 6.01 Å². The predicted molar refractivity (Wildman–Crippen MR) is 108 cm³/mol. The number of nitrogens with zero attached hydrogens (tertiary/aromatic N) is 3. The second-order valence-corrected chi connectivity index (χ2v) is 6.15. The molecular formula is C21H18FN5O2. The van der Waals surface area contributed by atoms with Crippen molar-refractivity contribution in [3.8, 4) is 17.2 Å². The van der Waals surface area contributed by atoms with Gasteiger partial charge in [-0.25, -0.2) is 9.37 Å². The van der Waals surface area contributed by atoms with E-state index in [-0.39, 0.29) is 11.8 Å². The van der Waals surface area contributed by atoms with Gasteiger partial charge in [0.1, 0.15) is 17.4 Å². The zero-order valence-electron chi connectivity index (χ0n) is 15.6. The van der Waals surface area contributed by atoms with Crippen LogP contribution in [0.25, 0.3) is 11.5 Å². The summed E-state index contributed by atoms with van der Waals surface area (Å²) in [7, 11) is 1.60. The first-order chi connectivity index (χ1) is 14.2. The lowest BCUT2D eigenvalue weighted by Crippen LogP contribution is -2.03. The van der Waals surface area contributed by atoms with Gasteiger partial charge in [0.2, 0.25) is 0 Å². The Morgan fingerprint density at radius 1 is 1.03 bits per heavy atom. The second-order valence-electron chi connectivity index (χ2n) is 6.15. The Kier molecular flexibility index (Phi) is 5.33. The zero-order chi connectivity index (χ0) is 20.1. The summed E-state index contributed by atoms with van der Waals surface area (Å²) in [6, 6.07) is 17.5. The Morgan fingerprint density at radius 3 is 2.72 bits per heavy atom. The van der Waals surface area contributed by atoms with Crippen LogP contribution in [0.5, 0.6) is 5.75 Å². The lowest BCUT2D eigenvalue weighted by molar-refractivity contribution is 0.415. The van der Waals surface area contributed by atoms with Crippen LogP contribution in [0.2, 0.25) is 0 Å². The molecule has 0 radical (unpaired) electrons. The van der Waals surface area contributed by atoms with Crippen LogP contribution in [-0.4, -0.2) is 22.3 Å². The summed E-state index contributed by atoms with van der Waals surface area (Å²) < 4.78 is 24.0. The number of rotatable bonds is 7. The van der Waals surface area contributed by atoms with Crippen molar-refractivity contribution in [2.75, 3.05) is 17.7 Å². The summed E-state index contributed by atoms with van der Waals surface area (Å²) in [5.41, 5.74) is 2.36. The average molecular weight is 391 g/mol. The number of aromatic nitrogens is 3. The molecule has 2 aromatic heterocycles. The summed E-state index contributed by atoms with van der Waals surface area (Å²) in [5.74, 6) is 1.36. The van der Waals surface area contributed by atoms with Gasteiger partial charge in [-0.3, -0.25) is 0 Å². The molecule has 2 heterocycles. The van der Waals surface area contributed by atoms with Crippen LogP contribution >= 0.6 is 0 Å². The molecule has 29 heavy (non-hydrogen) atoms. The first-order valence-corrected chi connectivity index (χ1v) is 8.89. The number of hydrogen-bond donors (Lipinski definition) is 2. The fourth-order valence-corrected chi connectivity index (χ4v) is 2.71. The summed E-state index contributed by atoms with van der Waals surface area (Å²) in [4.78, 5) is 4.35. The SMILES string of the molecule is COc1cccc(Nc2nnc(-c3cccnc3NCc3ccc(F)cc3)o2)c1. The lowest BCUT2D eigenvalue weighted by Gasteiger charge is -2.08. The molecule has 4 aromatic rings. The molecule has 0 saturated carbocycles. The van der Waals surface area contributed by atoms with Crippen molar-refractivity contribution >= 4 is 17.5 Å². The number of pyridine rings is 1. The van der Waals surface area contributed by atoms with Crippen LogP contribution in [0.4, 0.5) is 21.9 Å². The Morgan fingerprint density at radius 2 is 1.90 bits per heavy atom. The van der Waals surface area contributed by atoms with Gasteiger partial charge in [-0.15, -0.1) is 5.10 Å². The van der Waals surface area contributed by atoms with Crippen LogP contribution in [0, 0.1) is 5.82 Å². The average Bonchev–Trinajstić information content (AvgIpc) is 3.22. The van der Waals surface area contributed by atoms with Gasteiger partial charge in [-0.2, -0.15) is 0 Å². The van der Waals surface area contributed by atoms with Crippen molar-refractivity contribution in [1.29, 1.82) is 0 Å². The Hall–Kier alpha value is -3.94. The molecule has 0 unspecified atom stereocenters. The number of methoxy groups -OCH3 is 1. The van der Waals surface area contributed by atoms with Crippen molar-refractivity contribution in [2.24, 2.45) is 0 Å². The molecule has 2 N–H and O–H groups in total. The summed E-state index contributed by atoms with van der Waals surface area (Å²) in [5, 5.41) is 14.4. The third kappa shape index (κ3) is 4.49. The van der Waals surface area contributed by atoms with Gasteiger partial charge in [0.05, 0.1) is 12.7 Å². The van der Waals surface area contributed by atoms with Crippen LogP contribution in [0.3, 0.4) is 0 Å². The summed E-state index contributed by atoms with van der Waals surface area (Å²) in [6.07, 6.45) is 1.67. The third-order valence-electron chi connectivity index (χ3n) is 4.16. The van der Waals surface area contributed by atoms with Crippen LogP contribution in [-0.2, 0) is 6.54 Å². The number of ether oxygens (including phenoxy) is 1. The molecule has 146 valence electrons. The molecule has 7 nitrogen and oxygen atoms in total. The molecule has 0 aliphatic carbocycles. The smallest absolute Gasteiger partial charge is 0.320 e. The van der Waals surface area contributed by atoms with E-state index in [2.05, 4.69) is 25.8 Å². The van der Waals surface area contributed by atoms with Crippen LogP contribution < -0.4 is 15.4 Å². The molecule has 0 aliphatic heterocycles. The van der Waals surface area contributed by atoms with E-state index in [0.717, 1.165) is 11.3 Å². The monoisotopic (exact) mass is 391 g/mol. The van der Waals surface area contributed by atoms with Crippen molar-refractivity contribution in [1.82, 2.24) is 15.2 Å².